The zero-order valence-electron chi connectivity index (χ0n) is 23.5. The van der Waals surface area contributed by atoms with Crippen LogP contribution in [0.1, 0.15) is 51.7 Å². The molecule has 1 atom stereocenters. The van der Waals surface area contributed by atoms with Crippen LogP contribution in [0.4, 0.5) is 10.6 Å². The molecule has 1 saturated heterocycles. The average molecular weight is 617 g/mol. The molecule has 0 radical (unpaired) electrons. The van der Waals surface area contributed by atoms with E-state index in [0.717, 1.165) is 20.9 Å². The highest BCUT2D eigenvalue weighted by atomic mass is 79.9. The fourth-order valence-electron chi connectivity index (χ4n) is 4.74. The van der Waals surface area contributed by atoms with Crippen molar-refractivity contribution in [2.75, 3.05) is 38.5 Å². The summed E-state index contributed by atoms with van der Waals surface area (Å²) in [7, 11) is 1.73. The van der Waals surface area contributed by atoms with Crippen molar-refractivity contribution < 1.29 is 28.7 Å². The molecule has 0 spiro atoms. The zero-order chi connectivity index (χ0) is 29.4. The summed E-state index contributed by atoms with van der Waals surface area (Å²) in [5, 5.41) is 6.13. The molecular weight excluding hydrogens is 582 g/mol. The highest BCUT2D eigenvalue weighted by Gasteiger charge is 2.34. The predicted octanol–water partition coefficient (Wildman–Crippen LogP) is 3.67. The Morgan fingerprint density at radius 3 is 2.40 bits per heavy atom. The number of rotatable bonds is 6. The number of amides is 3. The van der Waals surface area contributed by atoms with Gasteiger partial charge in [0.25, 0.3) is 11.8 Å². The van der Waals surface area contributed by atoms with Gasteiger partial charge in [0.1, 0.15) is 11.4 Å². The Hall–Kier alpha value is -3.51. The summed E-state index contributed by atoms with van der Waals surface area (Å²) in [5.41, 5.74) is 1.76. The molecule has 3 amide bonds. The van der Waals surface area contributed by atoms with E-state index in [1.807, 2.05) is 39.0 Å². The van der Waals surface area contributed by atoms with Crippen LogP contribution >= 0.6 is 15.9 Å². The van der Waals surface area contributed by atoms with E-state index < -0.39 is 29.3 Å². The van der Waals surface area contributed by atoms with E-state index in [0.29, 0.717) is 44.1 Å². The van der Waals surface area contributed by atoms with Crippen molar-refractivity contribution >= 4 is 56.5 Å². The number of aromatic nitrogens is 1. The second-order valence-electron chi connectivity index (χ2n) is 10.9. The Morgan fingerprint density at radius 2 is 1.82 bits per heavy atom. The number of halogens is 1. The second kappa shape index (κ2) is 11.5. The maximum Gasteiger partial charge on any atom is 0.410 e. The Morgan fingerprint density at radius 1 is 1.15 bits per heavy atom. The number of imide groups is 1. The highest BCUT2D eigenvalue weighted by Crippen LogP contribution is 2.36. The monoisotopic (exact) mass is 615 g/mol. The number of nitrogens with one attached hydrogen (secondary N) is 2. The minimum absolute atomic E-state index is 0.0592. The Bertz CT molecular complexity index is 1410. The Kier molecular flexibility index (Phi) is 8.50. The van der Waals surface area contributed by atoms with Crippen molar-refractivity contribution in [1.29, 1.82) is 0 Å². The van der Waals surface area contributed by atoms with E-state index in [2.05, 4.69) is 31.5 Å². The van der Waals surface area contributed by atoms with Gasteiger partial charge in [0.15, 0.2) is 0 Å². The molecule has 0 saturated carbocycles. The van der Waals surface area contributed by atoms with Crippen LogP contribution < -0.4 is 10.6 Å². The van der Waals surface area contributed by atoms with Crippen molar-refractivity contribution in [3.8, 4) is 0 Å². The van der Waals surface area contributed by atoms with Gasteiger partial charge < -0.3 is 19.7 Å². The average Bonchev–Trinajstić information content (AvgIpc) is 3.12. The number of carbonyl (C=O) groups excluding carboxylic acids is 4. The summed E-state index contributed by atoms with van der Waals surface area (Å²) in [6, 6.07) is 5.79. The van der Waals surface area contributed by atoms with Gasteiger partial charge in [-0.05, 0) is 52.3 Å². The van der Waals surface area contributed by atoms with Gasteiger partial charge in [-0.2, -0.15) is 0 Å². The summed E-state index contributed by atoms with van der Waals surface area (Å²) in [5.74, 6) is -2.59. The van der Waals surface area contributed by atoms with Gasteiger partial charge in [-0.15, -0.1) is 0 Å². The highest BCUT2D eigenvalue weighted by molar-refractivity contribution is 9.10. The number of benzene rings is 1. The van der Waals surface area contributed by atoms with Gasteiger partial charge in [0.2, 0.25) is 5.76 Å². The standard InChI is InChI=1S/C28H34BrN5O6/c1-15(26(37)39-22-16(2)24(35)32-25(22)36)21-19(18-8-7-17(29)13-20(18)31-23(21)30-6)14-33-9-11-34(12-10-33)27(38)40-28(3,4)5/h7-8,13,15H,9-12,14H2,1-6H3,(H,30,31)(H,32,35,36). The lowest BCUT2D eigenvalue weighted by molar-refractivity contribution is -0.144. The van der Waals surface area contributed by atoms with Crippen LogP contribution in [0, 0.1) is 0 Å². The molecule has 40 heavy (non-hydrogen) atoms. The molecule has 2 N–H and O–H groups in total. The number of anilines is 1. The molecule has 2 aromatic rings. The Labute approximate surface area is 241 Å². The molecule has 0 bridgehead atoms. The molecule has 4 rings (SSSR count). The van der Waals surface area contributed by atoms with E-state index in [-0.39, 0.29) is 17.4 Å². The Balaban J connectivity index is 1.65. The van der Waals surface area contributed by atoms with Gasteiger partial charge in [-0.25, -0.2) is 9.78 Å². The molecule has 2 aliphatic rings. The molecule has 1 fully saturated rings. The fraction of sp³-hybridized carbons (Fsp3) is 0.464. The van der Waals surface area contributed by atoms with Crippen LogP contribution in [0.3, 0.4) is 0 Å². The minimum atomic E-state index is -0.815. The number of esters is 1. The number of piperazine rings is 1. The lowest BCUT2D eigenvalue weighted by atomic mass is 9.92. The van der Waals surface area contributed by atoms with Crippen molar-refractivity contribution in [3.63, 3.8) is 0 Å². The van der Waals surface area contributed by atoms with E-state index in [9.17, 15) is 19.2 Å². The number of ether oxygens (including phenoxy) is 2. The first-order valence-corrected chi connectivity index (χ1v) is 13.9. The van der Waals surface area contributed by atoms with Gasteiger partial charge in [-0.1, -0.05) is 22.0 Å². The number of hydrogen-bond acceptors (Lipinski definition) is 9. The molecule has 11 nitrogen and oxygen atoms in total. The smallest absolute Gasteiger partial charge is 0.410 e. The number of fused-ring (bicyclic) bond motifs is 1. The van der Waals surface area contributed by atoms with Crippen LogP contribution in [0.5, 0.6) is 0 Å². The molecule has 2 aliphatic heterocycles. The number of pyridine rings is 1. The molecule has 0 aliphatic carbocycles. The van der Waals surface area contributed by atoms with E-state index in [4.69, 9.17) is 14.5 Å². The molecule has 1 unspecified atom stereocenters. The summed E-state index contributed by atoms with van der Waals surface area (Å²) in [6.07, 6.45) is -0.333. The van der Waals surface area contributed by atoms with Crippen molar-refractivity contribution in [2.45, 2.75) is 52.7 Å². The first-order valence-electron chi connectivity index (χ1n) is 13.1. The van der Waals surface area contributed by atoms with Crippen LogP contribution in [0.25, 0.3) is 10.9 Å². The van der Waals surface area contributed by atoms with Crippen LogP contribution in [0.15, 0.2) is 34.0 Å². The zero-order valence-corrected chi connectivity index (χ0v) is 25.1. The van der Waals surface area contributed by atoms with E-state index >= 15 is 0 Å². The van der Waals surface area contributed by atoms with Gasteiger partial charge in [-0.3, -0.25) is 24.6 Å². The van der Waals surface area contributed by atoms with E-state index in [1.54, 1.807) is 18.9 Å². The molecule has 1 aromatic carbocycles. The number of nitrogens with zero attached hydrogens (tertiary/aromatic N) is 3. The van der Waals surface area contributed by atoms with Gasteiger partial charge in [0.05, 0.1) is 17.0 Å². The quantitative estimate of drug-likeness (QED) is 0.369. The predicted molar refractivity (Wildman–Crippen MR) is 152 cm³/mol. The van der Waals surface area contributed by atoms with Crippen LogP contribution in [-0.4, -0.2) is 77.5 Å². The first-order chi connectivity index (χ1) is 18.8. The van der Waals surface area contributed by atoms with Crippen LogP contribution in [-0.2, 0) is 30.4 Å². The van der Waals surface area contributed by atoms with Gasteiger partial charge in [0, 0.05) is 55.2 Å². The van der Waals surface area contributed by atoms with Crippen molar-refractivity contribution in [2.24, 2.45) is 0 Å². The van der Waals surface area contributed by atoms with Crippen molar-refractivity contribution in [3.05, 3.63) is 45.1 Å². The third-order valence-corrected chi connectivity index (χ3v) is 7.34. The molecule has 1 aromatic heterocycles. The summed E-state index contributed by atoms with van der Waals surface area (Å²) >= 11 is 3.51. The third kappa shape index (κ3) is 6.28. The lowest BCUT2D eigenvalue weighted by Crippen LogP contribution is -2.49. The number of hydrogen-bond donors (Lipinski definition) is 2. The number of carbonyl (C=O) groups is 4. The SMILES string of the molecule is CNc1nc2cc(Br)ccc2c(CN2CCN(C(=O)OC(C)(C)C)CC2)c1C(C)C(=O)OC1=C(C)C(=O)NC1=O. The third-order valence-electron chi connectivity index (χ3n) is 6.84. The van der Waals surface area contributed by atoms with Gasteiger partial charge >= 0.3 is 12.1 Å². The maximum absolute atomic E-state index is 13.3. The normalized spacial score (nSPS) is 17.2. The molecule has 3 heterocycles. The maximum atomic E-state index is 13.3. The van der Waals surface area contributed by atoms with E-state index in [1.165, 1.54) is 6.92 Å². The van der Waals surface area contributed by atoms with Crippen LogP contribution in [0.2, 0.25) is 0 Å². The molecular formula is C28H34BrN5O6. The summed E-state index contributed by atoms with van der Waals surface area (Å²) in [4.78, 5) is 58.6. The first kappa shape index (κ1) is 29.5. The summed E-state index contributed by atoms with van der Waals surface area (Å²) < 4.78 is 11.8. The topological polar surface area (TPSA) is 130 Å². The lowest BCUT2D eigenvalue weighted by Gasteiger charge is -2.36. The minimum Gasteiger partial charge on any atom is -0.444 e. The summed E-state index contributed by atoms with van der Waals surface area (Å²) in [6.45, 7) is 11.4. The second-order valence-corrected chi connectivity index (χ2v) is 11.8. The largest absolute Gasteiger partial charge is 0.444 e. The molecule has 214 valence electrons. The van der Waals surface area contributed by atoms with Crippen molar-refractivity contribution in [1.82, 2.24) is 20.1 Å². The fourth-order valence-corrected chi connectivity index (χ4v) is 5.09. The molecule has 12 heteroatoms.